The number of fused-ring (bicyclic) bond motifs is 2. The highest BCUT2D eigenvalue weighted by Gasteiger charge is 2.34. The van der Waals surface area contributed by atoms with E-state index in [0.29, 0.717) is 5.01 Å². The lowest BCUT2D eigenvalue weighted by molar-refractivity contribution is -0.126. The largest absolute Gasteiger partial charge is 0.439 e. The predicted octanol–water partition coefficient (Wildman–Crippen LogP) is 0.0382. The van der Waals surface area contributed by atoms with Crippen molar-refractivity contribution in [3.05, 3.63) is 56.5 Å². The number of amides is 3. The summed E-state index contributed by atoms with van der Waals surface area (Å²) in [6.45, 7) is 0. The zero-order valence-corrected chi connectivity index (χ0v) is 12.5. The topological polar surface area (TPSA) is 130 Å². The van der Waals surface area contributed by atoms with E-state index < -0.39 is 40.7 Å². The molecule has 1 aromatic carbocycles. The summed E-state index contributed by atoms with van der Waals surface area (Å²) in [4.78, 5) is 62.3. The molecule has 0 radical (unpaired) electrons. The van der Waals surface area contributed by atoms with E-state index in [2.05, 4.69) is 10.4 Å². The van der Waals surface area contributed by atoms with E-state index in [-0.39, 0.29) is 22.1 Å². The monoisotopic (exact) mass is 339 g/mol. The fraction of sp³-hybridized carbons (Fsp3) is 0.0625. The van der Waals surface area contributed by atoms with E-state index in [1.165, 1.54) is 0 Å². The Morgan fingerprint density at radius 2 is 1.84 bits per heavy atom. The van der Waals surface area contributed by atoms with Gasteiger partial charge in [0.25, 0.3) is 17.4 Å². The molecule has 9 heteroatoms. The van der Waals surface area contributed by atoms with Gasteiger partial charge in [0.2, 0.25) is 17.0 Å². The molecule has 0 aliphatic carbocycles. The maximum Gasteiger partial charge on any atom is 0.285 e. The first-order valence-corrected chi connectivity index (χ1v) is 7.21. The number of hydrogen-bond acceptors (Lipinski definition) is 6. The number of carbonyl (C=O) groups is 3. The number of aromatic nitrogens is 1. The first-order chi connectivity index (χ1) is 12.0. The highest BCUT2D eigenvalue weighted by molar-refractivity contribution is 6.14. The van der Waals surface area contributed by atoms with Crippen LogP contribution in [0, 0.1) is 0 Å². The molecule has 1 fully saturated rings. The van der Waals surface area contributed by atoms with Crippen LogP contribution in [0.1, 0.15) is 16.8 Å². The van der Waals surface area contributed by atoms with Crippen LogP contribution >= 0.6 is 0 Å². The molecule has 4 rings (SSSR count). The van der Waals surface area contributed by atoms with Gasteiger partial charge in [0.1, 0.15) is 17.6 Å². The van der Waals surface area contributed by atoms with Crippen LogP contribution in [-0.2, 0) is 9.59 Å². The number of hydrazine groups is 1. The summed E-state index contributed by atoms with van der Waals surface area (Å²) in [6, 6.07) is 7.52. The van der Waals surface area contributed by atoms with Crippen LogP contribution in [0.4, 0.5) is 0 Å². The minimum atomic E-state index is -1.02. The molecule has 1 saturated heterocycles. The molecule has 3 amide bonds. The van der Waals surface area contributed by atoms with E-state index in [1.807, 2.05) is 0 Å². The zero-order valence-electron chi connectivity index (χ0n) is 12.5. The summed E-state index contributed by atoms with van der Waals surface area (Å²) in [5.41, 5.74) is 0.542. The first kappa shape index (κ1) is 14.8. The van der Waals surface area contributed by atoms with Crippen molar-refractivity contribution in [2.75, 3.05) is 0 Å². The average Bonchev–Trinajstić information content (AvgIpc) is 2.92. The van der Waals surface area contributed by atoms with Crippen LogP contribution in [0.15, 0.2) is 44.3 Å². The number of carbonyl (C=O) groups excluding carboxylic acids is 3. The first-order valence-electron chi connectivity index (χ1n) is 7.21. The van der Waals surface area contributed by atoms with Crippen LogP contribution in [0.5, 0.6) is 0 Å². The number of H-pyrrole nitrogens is 1. The van der Waals surface area contributed by atoms with Gasteiger partial charge in [-0.3, -0.25) is 34.4 Å². The molecule has 0 spiro atoms. The zero-order chi connectivity index (χ0) is 17.7. The van der Waals surface area contributed by atoms with Gasteiger partial charge in [0.15, 0.2) is 0 Å². The third kappa shape index (κ3) is 2.21. The highest BCUT2D eigenvalue weighted by Crippen LogP contribution is 2.17. The summed E-state index contributed by atoms with van der Waals surface area (Å²) < 4.78 is 5.49. The molecule has 3 heterocycles. The second-order valence-electron chi connectivity index (χ2n) is 5.43. The Labute approximate surface area is 137 Å². The molecule has 0 saturated carbocycles. The van der Waals surface area contributed by atoms with Crippen LogP contribution in [0.2, 0.25) is 0 Å². The molecule has 0 bridgehead atoms. The minimum Gasteiger partial charge on any atom is -0.439 e. The van der Waals surface area contributed by atoms with Crippen molar-refractivity contribution in [2.24, 2.45) is 0 Å². The lowest BCUT2D eigenvalue weighted by Gasteiger charge is -2.12. The molecular formula is C16H9N3O6. The molecular weight excluding hydrogens is 330 g/mol. The molecule has 3 aromatic rings. The van der Waals surface area contributed by atoms with Gasteiger partial charge in [0, 0.05) is 0 Å². The number of aromatic amines is 1. The van der Waals surface area contributed by atoms with Gasteiger partial charge in [-0.05, 0) is 18.2 Å². The molecule has 0 atom stereocenters. The van der Waals surface area contributed by atoms with Gasteiger partial charge in [0.05, 0.1) is 10.8 Å². The lowest BCUT2D eigenvalue weighted by Crippen LogP contribution is -2.43. The molecule has 9 nitrogen and oxygen atoms in total. The van der Waals surface area contributed by atoms with Gasteiger partial charge in [-0.1, -0.05) is 12.1 Å². The van der Waals surface area contributed by atoms with Crippen molar-refractivity contribution in [3.8, 4) is 0 Å². The van der Waals surface area contributed by atoms with Crippen molar-refractivity contribution in [2.45, 2.75) is 6.42 Å². The van der Waals surface area contributed by atoms with Gasteiger partial charge < -0.3 is 4.42 Å². The molecule has 1 aliphatic heterocycles. The number of pyridine rings is 1. The van der Waals surface area contributed by atoms with Gasteiger partial charge >= 0.3 is 0 Å². The third-order valence-corrected chi connectivity index (χ3v) is 3.82. The van der Waals surface area contributed by atoms with Crippen molar-refractivity contribution in [3.63, 3.8) is 0 Å². The number of nitrogens with one attached hydrogen (secondary N) is 2. The summed E-state index contributed by atoms with van der Waals surface area (Å²) in [5.74, 6) is -2.45. The Balaban J connectivity index is 1.94. The van der Waals surface area contributed by atoms with E-state index >= 15 is 0 Å². The van der Waals surface area contributed by atoms with Crippen molar-refractivity contribution < 1.29 is 18.8 Å². The Morgan fingerprint density at radius 3 is 2.56 bits per heavy atom. The van der Waals surface area contributed by atoms with Crippen molar-refractivity contribution in [1.29, 1.82) is 0 Å². The van der Waals surface area contributed by atoms with Crippen LogP contribution < -0.4 is 16.4 Å². The number of hydrogen-bond donors (Lipinski definition) is 2. The number of para-hydroxylation sites is 1. The molecule has 2 aromatic heterocycles. The van der Waals surface area contributed by atoms with Gasteiger partial charge in [-0.15, -0.1) is 0 Å². The van der Waals surface area contributed by atoms with E-state index in [0.717, 1.165) is 6.07 Å². The summed E-state index contributed by atoms with van der Waals surface area (Å²) in [6.07, 6.45) is -0.482. The smallest absolute Gasteiger partial charge is 0.285 e. The molecule has 0 unspecified atom stereocenters. The van der Waals surface area contributed by atoms with Crippen molar-refractivity contribution >= 4 is 39.8 Å². The molecule has 25 heavy (non-hydrogen) atoms. The fourth-order valence-corrected chi connectivity index (χ4v) is 2.65. The Hall–Kier alpha value is -3.75. The van der Waals surface area contributed by atoms with Crippen LogP contribution in [0.3, 0.4) is 0 Å². The predicted molar refractivity (Wildman–Crippen MR) is 84.5 cm³/mol. The van der Waals surface area contributed by atoms with Crippen molar-refractivity contribution in [1.82, 2.24) is 15.4 Å². The van der Waals surface area contributed by atoms with Gasteiger partial charge in [-0.2, -0.15) is 5.01 Å². The number of rotatable bonds is 1. The third-order valence-electron chi connectivity index (χ3n) is 3.82. The fourth-order valence-electron chi connectivity index (χ4n) is 2.65. The number of benzene rings is 1. The van der Waals surface area contributed by atoms with E-state index in [4.69, 9.17) is 4.42 Å². The maximum atomic E-state index is 12.6. The minimum absolute atomic E-state index is 0.0142. The van der Waals surface area contributed by atoms with E-state index in [1.54, 1.807) is 24.3 Å². The highest BCUT2D eigenvalue weighted by atomic mass is 16.3. The van der Waals surface area contributed by atoms with Gasteiger partial charge in [-0.25, -0.2) is 0 Å². The normalized spacial score (nSPS) is 14.3. The number of nitrogens with zero attached hydrogens (tertiary/aromatic N) is 1. The lowest BCUT2D eigenvalue weighted by atomic mass is 10.1. The summed E-state index contributed by atoms with van der Waals surface area (Å²) in [7, 11) is 0. The number of imide groups is 1. The molecule has 124 valence electrons. The van der Waals surface area contributed by atoms with Crippen LogP contribution in [0.25, 0.3) is 22.1 Å². The summed E-state index contributed by atoms with van der Waals surface area (Å²) in [5, 5.41) is 0.729. The Bertz CT molecular complexity index is 1210. The summed E-state index contributed by atoms with van der Waals surface area (Å²) >= 11 is 0. The second-order valence-corrected chi connectivity index (χ2v) is 5.43. The molecule has 2 N–H and O–H groups in total. The second kappa shape index (κ2) is 5.13. The maximum absolute atomic E-state index is 12.6. The SMILES string of the molecule is O=C1CC(=O)N(C(=O)c2cc3c(=O)c4ccccc4oc3[nH]c2=O)N1. The molecule has 1 aliphatic rings. The average molecular weight is 339 g/mol. The Kier molecular flexibility index (Phi) is 3.04. The van der Waals surface area contributed by atoms with E-state index in [9.17, 15) is 24.0 Å². The Morgan fingerprint density at radius 1 is 1.08 bits per heavy atom. The van der Waals surface area contributed by atoms with Crippen LogP contribution in [-0.4, -0.2) is 27.7 Å². The quantitative estimate of drug-likeness (QED) is 0.366. The standard InChI is InChI=1S/C16H9N3O6/c20-11-6-12(21)19(18-11)16(24)9-5-8-13(22)7-3-1-2-4-10(7)25-15(8)17-14(9)23/h1-5H,6H2,(H,17,23)(H,18,20).